The largest absolute Gasteiger partial charge is 0.479 e. The molecule has 0 fully saturated rings. The molecule has 0 N–H and O–H groups in total. The first-order chi connectivity index (χ1) is 6.42. The topological polar surface area (TPSA) is 39.9 Å². The lowest BCUT2D eigenvalue weighted by molar-refractivity contribution is 0.395. The highest BCUT2D eigenvalue weighted by molar-refractivity contribution is 5.39. The molecule has 0 aliphatic carbocycles. The summed E-state index contributed by atoms with van der Waals surface area (Å²) in [7, 11) is 1.59. The lowest BCUT2D eigenvalue weighted by atomic mass is 10.4. The van der Waals surface area contributed by atoms with Crippen LogP contribution >= 0.6 is 0 Å². The molecule has 0 amide bonds. The highest BCUT2D eigenvalue weighted by Gasteiger charge is 2.03. The molecule has 2 heterocycles. The van der Waals surface area contributed by atoms with Crippen LogP contribution in [0.4, 0.5) is 0 Å². The molecule has 0 aliphatic heterocycles. The summed E-state index contributed by atoms with van der Waals surface area (Å²) in [5.41, 5.74) is 0.843. The zero-order valence-corrected chi connectivity index (χ0v) is 7.21. The molecule has 2 aromatic heterocycles. The van der Waals surface area contributed by atoms with E-state index >= 15 is 0 Å². The van der Waals surface area contributed by atoms with Crippen molar-refractivity contribution in [3.8, 4) is 11.6 Å². The molecule has 0 spiro atoms. The Morgan fingerprint density at radius 1 is 1.31 bits per heavy atom. The van der Waals surface area contributed by atoms with Crippen LogP contribution in [0.3, 0.4) is 0 Å². The number of rotatable bonds is 2. The number of ether oxygens (including phenoxy) is 1. The van der Waals surface area contributed by atoms with Crippen molar-refractivity contribution < 1.29 is 4.74 Å². The molecule has 0 atom stereocenters. The van der Waals surface area contributed by atoms with Crippen molar-refractivity contribution in [3.05, 3.63) is 36.8 Å². The second-order valence-corrected chi connectivity index (χ2v) is 2.48. The van der Waals surface area contributed by atoms with Crippen LogP contribution in [0.5, 0.6) is 5.88 Å². The minimum Gasteiger partial charge on any atom is -0.479 e. The average Bonchev–Trinajstić information content (AvgIpc) is 2.70. The minimum absolute atomic E-state index is 0.575. The van der Waals surface area contributed by atoms with Gasteiger partial charge in [0.1, 0.15) is 5.69 Å². The Morgan fingerprint density at radius 2 is 2.23 bits per heavy atom. The maximum absolute atomic E-state index is 5.10. The fourth-order valence-electron chi connectivity index (χ4n) is 1.13. The summed E-state index contributed by atoms with van der Waals surface area (Å²) in [6.45, 7) is 0. The third kappa shape index (κ3) is 1.38. The standard InChI is InChI=1S/C9H9N3O/c1-13-9-8(4-2-5-10-9)12-7-3-6-11-12/h2-7H,1H3. The number of hydrogen-bond donors (Lipinski definition) is 0. The van der Waals surface area contributed by atoms with Gasteiger partial charge in [0, 0.05) is 18.6 Å². The van der Waals surface area contributed by atoms with E-state index in [0.29, 0.717) is 5.88 Å². The van der Waals surface area contributed by atoms with Crippen molar-refractivity contribution in [3.63, 3.8) is 0 Å². The molecule has 4 nitrogen and oxygen atoms in total. The SMILES string of the molecule is COc1ncccc1-n1cccn1. The van der Waals surface area contributed by atoms with Gasteiger partial charge in [-0.25, -0.2) is 9.67 Å². The van der Waals surface area contributed by atoms with Gasteiger partial charge in [0.25, 0.3) is 0 Å². The minimum atomic E-state index is 0.575. The van der Waals surface area contributed by atoms with Gasteiger partial charge in [0.15, 0.2) is 0 Å². The van der Waals surface area contributed by atoms with E-state index in [2.05, 4.69) is 10.1 Å². The Labute approximate surface area is 75.8 Å². The first-order valence-corrected chi connectivity index (χ1v) is 3.91. The van der Waals surface area contributed by atoms with Crippen molar-refractivity contribution in [2.45, 2.75) is 0 Å². The van der Waals surface area contributed by atoms with Crippen LogP contribution in [-0.2, 0) is 0 Å². The van der Waals surface area contributed by atoms with E-state index < -0.39 is 0 Å². The monoisotopic (exact) mass is 175 g/mol. The fraction of sp³-hybridized carbons (Fsp3) is 0.111. The van der Waals surface area contributed by atoms with Crippen molar-refractivity contribution in [2.24, 2.45) is 0 Å². The van der Waals surface area contributed by atoms with Crippen LogP contribution < -0.4 is 4.74 Å². The Bertz CT molecular complexity index is 384. The van der Waals surface area contributed by atoms with Gasteiger partial charge >= 0.3 is 0 Å². The van der Waals surface area contributed by atoms with E-state index in [1.54, 1.807) is 24.2 Å². The molecule has 66 valence electrons. The number of hydrogen-bond acceptors (Lipinski definition) is 3. The van der Waals surface area contributed by atoms with Crippen LogP contribution in [0.25, 0.3) is 5.69 Å². The summed E-state index contributed by atoms with van der Waals surface area (Å²) >= 11 is 0. The molecular formula is C9H9N3O. The van der Waals surface area contributed by atoms with Crippen molar-refractivity contribution in [1.29, 1.82) is 0 Å². The van der Waals surface area contributed by atoms with Gasteiger partial charge in [-0.15, -0.1) is 0 Å². The first-order valence-electron chi connectivity index (χ1n) is 3.91. The predicted molar refractivity (Wildman–Crippen MR) is 47.9 cm³/mol. The van der Waals surface area contributed by atoms with E-state index in [4.69, 9.17) is 4.74 Å². The van der Waals surface area contributed by atoms with Gasteiger partial charge in [-0.05, 0) is 18.2 Å². The van der Waals surface area contributed by atoms with Gasteiger partial charge in [0.2, 0.25) is 5.88 Å². The molecule has 0 radical (unpaired) electrons. The van der Waals surface area contributed by atoms with Crippen LogP contribution in [-0.4, -0.2) is 21.9 Å². The zero-order chi connectivity index (χ0) is 9.10. The Hall–Kier alpha value is -1.84. The molecular weight excluding hydrogens is 166 g/mol. The maximum atomic E-state index is 5.10. The Kier molecular flexibility index (Phi) is 1.96. The first kappa shape index (κ1) is 7.79. The molecule has 0 aliphatic rings. The number of aromatic nitrogens is 3. The molecule has 0 bridgehead atoms. The smallest absolute Gasteiger partial charge is 0.239 e. The number of pyridine rings is 1. The van der Waals surface area contributed by atoms with Crippen LogP contribution in [0.15, 0.2) is 36.8 Å². The molecule has 4 heteroatoms. The van der Waals surface area contributed by atoms with E-state index in [0.717, 1.165) is 5.69 Å². The van der Waals surface area contributed by atoms with Gasteiger partial charge in [0.05, 0.1) is 7.11 Å². The highest BCUT2D eigenvalue weighted by Crippen LogP contribution is 2.17. The second kappa shape index (κ2) is 3.26. The summed E-state index contributed by atoms with van der Waals surface area (Å²) in [5, 5.41) is 4.09. The fourth-order valence-corrected chi connectivity index (χ4v) is 1.13. The third-order valence-corrected chi connectivity index (χ3v) is 1.70. The van der Waals surface area contributed by atoms with Gasteiger partial charge in [-0.3, -0.25) is 0 Å². The molecule has 13 heavy (non-hydrogen) atoms. The highest BCUT2D eigenvalue weighted by atomic mass is 16.5. The Morgan fingerprint density at radius 3 is 2.92 bits per heavy atom. The van der Waals surface area contributed by atoms with Crippen LogP contribution in [0, 0.1) is 0 Å². The molecule has 0 unspecified atom stereocenters. The second-order valence-electron chi connectivity index (χ2n) is 2.48. The van der Waals surface area contributed by atoms with Gasteiger partial charge in [-0.2, -0.15) is 5.10 Å². The van der Waals surface area contributed by atoms with E-state index in [9.17, 15) is 0 Å². The van der Waals surface area contributed by atoms with Gasteiger partial charge < -0.3 is 4.74 Å². The van der Waals surface area contributed by atoms with Crippen LogP contribution in [0.1, 0.15) is 0 Å². The summed E-state index contributed by atoms with van der Waals surface area (Å²) in [5.74, 6) is 0.575. The zero-order valence-electron chi connectivity index (χ0n) is 7.21. The molecule has 0 aromatic carbocycles. The summed E-state index contributed by atoms with van der Waals surface area (Å²) in [4.78, 5) is 4.07. The summed E-state index contributed by atoms with van der Waals surface area (Å²) < 4.78 is 6.81. The maximum Gasteiger partial charge on any atom is 0.239 e. The van der Waals surface area contributed by atoms with Crippen molar-refractivity contribution in [1.82, 2.24) is 14.8 Å². The van der Waals surface area contributed by atoms with Crippen LogP contribution in [0.2, 0.25) is 0 Å². The lowest BCUT2D eigenvalue weighted by Gasteiger charge is -2.05. The van der Waals surface area contributed by atoms with Crippen molar-refractivity contribution in [2.75, 3.05) is 7.11 Å². The third-order valence-electron chi connectivity index (χ3n) is 1.70. The van der Waals surface area contributed by atoms with Crippen molar-refractivity contribution >= 4 is 0 Å². The van der Waals surface area contributed by atoms with Gasteiger partial charge in [-0.1, -0.05) is 0 Å². The molecule has 2 rings (SSSR count). The average molecular weight is 175 g/mol. The quantitative estimate of drug-likeness (QED) is 0.690. The summed E-state index contributed by atoms with van der Waals surface area (Å²) in [6.07, 6.45) is 5.25. The van der Waals surface area contributed by atoms with E-state index in [1.165, 1.54) is 0 Å². The number of methoxy groups -OCH3 is 1. The Balaban J connectivity index is 2.51. The molecule has 0 saturated heterocycles. The molecule has 2 aromatic rings. The summed E-state index contributed by atoms with van der Waals surface area (Å²) in [6, 6.07) is 5.60. The van der Waals surface area contributed by atoms with E-state index in [1.807, 2.05) is 24.4 Å². The predicted octanol–water partition coefficient (Wildman–Crippen LogP) is 1.28. The lowest BCUT2D eigenvalue weighted by Crippen LogP contribution is -1.99. The number of nitrogens with zero attached hydrogens (tertiary/aromatic N) is 3. The van der Waals surface area contributed by atoms with E-state index in [-0.39, 0.29) is 0 Å². The molecule has 0 saturated carbocycles. The normalized spacial score (nSPS) is 9.92.